The first kappa shape index (κ1) is 16.3. The molecule has 0 radical (unpaired) electrons. The first-order valence-corrected chi connectivity index (χ1v) is 8.96. The molecule has 8 heteroatoms. The van der Waals surface area contributed by atoms with Gasteiger partial charge in [0.1, 0.15) is 11.9 Å². The van der Waals surface area contributed by atoms with Crippen LogP contribution in [0, 0.1) is 6.92 Å². The largest absolute Gasteiger partial charge is 0.401 e. The number of imide groups is 1. The van der Waals surface area contributed by atoms with Gasteiger partial charge in [0.15, 0.2) is 0 Å². The van der Waals surface area contributed by atoms with Crippen LogP contribution in [-0.4, -0.2) is 70.8 Å². The fourth-order valence-electron chi connectivity index (χ4n) is 4.01. The summed E-state index contributed by atoms with van der Waals surface area (Å²) in [5.74, 6) is 1.06. The van der Waals surface area contributed by atoms with Gasteiger partial charge in [-0.05, 0) is 32.9 Å². The molecule has 2 fully saturated rings. The summed E-state index contributed by atoms with van der Waals surface area (Å²) in [6, 6.07) is -0.861. The fourth-order valence-corrected chi connectivity index (χ4v) is 4.01. The molecular formula is C17H25N6O2+. The maximum atomic E-state index is 12.6. The summed E-state index contributed by atoms with van der Waals surface area (Å²) in [6.45, 7) is 6.20. The summed E-state index contributed by atoms with van der Waals surface area (Å²) in [6.07, 6.45) is 5.85. The second kappa shape index (κ2) is 5.94. The predicted molar refractivity (Wildman–Crippen MR) is 91.7 cm³/mol. The van der Waals surface area contributed by atoms with Crippen molar-refractivity contribution in [3.63, 3.8) is 0 Å². The summed E-state index contributed by atoms with van der Waals surface area (Å²) >= 11 is 0. The minimum Gasteiger partial charge on any atom is -0.300 e. The highest BCUT2D eigenvalue weighted by Crippen LogP contribution is 2.28. The number of imidazole rings is 1. The van der Waals surface area contributed by atoms with Gasteiger partial charge < -0.3 is 4.90 Å². The molecular weight excluding hydrogens is 320 g/mol. The van der Waals surface area contributed by atoms with Crippen LogP contribution in [0.25, 0.3) is 0 Å². The molecule has 1 aromatic heterocycles. The lowest BCUT2D eigenvalue weighted by atomic mass is 10.1. The molecule has 0 bridgehead atoms. The van der Waals surface area contributed by atoms with Crippen LogP contribution in [0.3, 0.4) is 0 Å². The van der Waals surface area contributed by atoms with Crippen molar-refractivity contribution in [3.8, 4) is 0 Å². The molecule has 0 N–H and O–H groups in total. The Kier molecular flexibility index (Phi) is 3.87. The van der Waals surface area contributed by atoms with Crippen LogP contribution >= 0.6 is 0 Å². The third kappa shape index (κ3) is 2.47. The maximum Gasteiger partial charge on any atom is 0.401 e. The Morgan fingerprint density at radius 3 is 2.56 bits per heavy atom. The molecule has 3 amide bonds. The van der Waals surface area contributed by atoms with Gasteiger partial charge in [0, 0.05) is 20.6 Å². The van der Waals surface area contributed by atoms with Crippen molar-refractivity contribution in [1.82, 2.24) is 19.3 Å². The van der Waals surface area contributed by atoms with Crippen molar-refractivity contribution in [2.24, 2.45) is 4.99 Å². The van der Waals surface area contributed by atoms with E-state index in [-0.39, 0.29) is 11.9 Å². The maximum absolute atomic E-state index is 12.6. The van der Waals surface area contributed by atoms with Gasteiger partial charge in [-0.2, -0.15) is 0 Å². The molecule has 1 unspecified atom stereocenters. The molecule has 0 aliphatic carbocycles. The van der Waals surface area contributed by atoms with E-state index in [0.717, 1.165) is 37.8 Å². The van der Waals surface area contributed by atoms with Gasteiger partial charge in [-0.3, -0.25) is 14.6 Å². The number of rotatable bonds is 3. The Bertz CT molecular complexity index is 761. The van der Waals surface area contributed by atoms with Crippen LogP contribution in [0.2, 0.25) is 0 Å². The molecule has 1 aromatic rings. The number of amides is 3. The van der Waals surface area contributed by atoms with E-state index in [2.05, 4.69) is 14.5 Å². The Balaban J connectivity index is 1.62. The van der Waals surface area contributed by atoms with Crippen molar-refractivity contribution in [2.75, 3.05) is 33.7 Å². The number of aromatic nitrogens is 2. The number of piperidine rings is 1. The van der Waals surface area contributed by atoms with Gasteiger partial charge in [0.25, 0.3) is 5.91 Å². The monoisotopic (exact) mass is 345 g/mol. The van der Waals surface area contributed by atoms with Crippen LogP contribution < -0.4 is 4.57 Å². The number of likely N-dealkylation sites (N-methyl/N-ethyl adjacent to an activating group) is 2. The number of carbonyl (C=O) groups excluding carboxylic acids is 2. The quantitative estimate of drug-likeness (QED) is 0.757. The van der Waals surface area contributed by atoms with Crippen molar-refractivity contribution in [2.45, 2.75) is 38.8 Å². The molecule has 1 atom stereocenters. The van der Waals surface area contributed by atoms with Crippen LogP contribution in [0.5, 0.6) is 0 Å². The fraction of sp³-hybridized carbons (Fsp3) is 0.647. The lowest BCUT2D eigenvalue weighted by Gasteiger charge is -2.30. The summed E-state index contributed by atoms with van der Waals surface area (Å²) in [5, 5.41) is 0. The zero-order valence-electron chi connectivity index (χ0n) is 15.1. The first-order chi connectivity index (χ1) is 12.0. The molecule has 2 saturated heterocycles. The summed E-state index contributed by atoms with van der Waals surface area (Å²) in [7, 11) is 3.20. The van der Waals surface area contributed by atoms with Gasteiger partial charge in [-0.1, -0.05) is 11.4 Å². The molecule has 134 valence electrons. The number of aliphatic imine (C=N–C) groups is 1. The predicted octanol–water partition coefficient (Wildman–Crippen LogP) is 0.678. The average molecular weight is 345 g/mol. The lowest BCUT2D eigenvalue weighted by Crippen LogP contribution is -2.61. The smallest absolute Gasteiger partial charge is 0.300 e. The van der Waals surface area contributed by atoms with Gasteiger partial charge in [-0.15, -0.1) is 0 Å². The van der Waals surface area contributed by atoms with Crippen LogP contribution in [0.15, 0.2) is 11.2 Å². The molecule has 0 saturated carbocycles. The second-order valence-corrected chi connectivity index (χ2v) is 7.14. The number of hydrogen-bond acceptors (Lipinski definition) is 4. The lowest BCUT2D eigenvalue weighted by molar-refractivity contribution is -0.677. The molecule has 4 heterocycles. The molecule has 8 nitrogen and oxygen atoms in total. The minimum atomic E-state index is -0.530. The van der Waals surface area contributed by atoms with Crippen LogP contribution in [-0.2, 0) is 11.3 Å². The highest BCUT2D eigenvalue weighted by atomic mass is 16.2. The Morgan fingerprint density at radius 1 is 1.12 bits per heavy atom. The van der Waals surface area contributed by atoms with E-state index in [0.29, 0.717) is 5.84 Å². The Labute approximate surface area is 147 Å². The van der Waals surface area contributed by atoms with E-state index in [1.165, 1.54) is 36.1 Å². The third-order valence-corrected chi connectivity index (χ3v) is 5.53. The van der Waals surface area contributed by atoms with Gasteiger partial charge in [-0.25, -0.2) is 13.9 Å². The van der Waals surface area contributed by atoms with Crippen molar-refractivity contribution >= 4 is 23.7 Å². The number of hydrogen-bond donors (Lipinski definition) is 0. The summed E-state index contributed by atoms with van der Waals surface area (Å²) < 4.78 is 4.06. The molecule has 3 aliphatic rings. The number of likely N-dealkylation sites (tertiary alicyclic amines) is 1. The standard InChI is InChI=1S/C17H25N6O2/c1-12-11-23-13-14(19(2)17(25)20(3)15(13)24)18-16(23)22(12)10-9-21-7-5-4-6-8-21/h11,13H,4-10H2,1-3H3/q+1. The molecule has 3 aliphatic heterocycles. The normalized spacial score (nSPS) is 23.8. The second-order valence-electron chi connectivity index (χ2n) is 7.14. The topological polar surface area (TPSA) is 65.0 Å². The highest BCUT2D eigenvalue weighted by Gasteiger charge is 2.52. The van der Waals surface area contributed by atoms with Crippen molar-refractivity contribution in [3.05, 3.63) is 11.9 Å². The summed E-state index contributed by atoms with van der Waals surface area (Å²) in [4.78, 5) is 34.6. The van der Waals surface area contributed by atoms with E-state index < -0.39 is 6.04 Å². The van der Waals surface area contributed by atoms with Gasteiger partial charge >= 0.3 is 12.0 Å². The molecule has 25 heavy (non-hydrogen) atoms. The zero-order chi connectivity index (χ0) is 17.7. The number of carbonyl (C=O) groups is 2. The Hall–Kier alpha value is -2.22. The molecule has 0 spiro atoms. The number of amidine groups is 1. The SMILES string of the molecule is Cc1c[n+]2c(n1CCN1CCCCC1)N=C1C2C(=O)N(C)C(=O)N1C. The zero-order valence-corrected chi connectivity index (χ0v) is 15.1. The number of fused-ring (bicyclic) bond motifs is 3. The first-order valence-electron chi connectivity index (χ1n) is 8.96. The molecule has 0 aromatic carbocycles. The van der Waals surface area contributed by atoms with E-state index in [1.54, 1.807) is 7.05 Å². The van der Waals surface area contributed by atoms with Gasteiger partial charge in [0.2, 0.25) is 11.9 Å². The van der Waals surface area contributed by atoms with E-state index in [9.17, 15) is 9.59 Å². The summed E-state index contributed by atoms with van der Waals surface area (Å²) in [5.41, 5.74) is 1.09. The van der Waals surface area contributed by atoms with E-state index >= 15 is 0 Å². The number of aryl methyl sites for hydroxylation is 1. The minimum absolute atomic E-state index is 0.223. The highest BCUT2D eigenvalue weighted by molar-refractivity contribution is 6.18. The van der Waals surface area contributed by atoms with Crippen LogP contribution in [0.4, 0.5) is 10.7 Å². The molecule has 4 rings (SSSR count). The van der Waals surface area contributed by atoms with E-state index in [4.69, 9.17) is 0 Å². The van der Waals surface area contributed by atoms with E-state index in [1.807, 2.05) is 17.7 Å². The average Bonchev–Trinajstić information content (AvgIpc) is 3.12. The Morgan fingerprint density at radius 2 is 1.84 bits per heavy atom. The van der Waals surface area contributed by atoms with Gasteiger partial charge in [0.05, 0.1) is 6.54 Å². The van der Waals surface area contributed by atoms with Crippen molar-refractivity contribution < 1.29 is 14.2 Å². The third-order valence-electron chi connectivity index (χ3n) is 5.53. The number of urea groups is 1. The van der Waals surface area contributed by atoms with Crippen molar-refractivity contribution in [1.29, 1.82) is 0 Å². The van der Waals surface area contributed by atoms with Crippen LogP contribution in [0.1, 0.15) is 31.0 Å². The number of nitrogens with zero attached hydrogens (tertiary/aromatic N) is 6.